The largest absolute Gasteiger partial charge is 0.326 e. The van der Waals surface area contributed by atoms with Crippen molar-refractivity contribution < 1.29 is 17.2 Å². The van der Waals surface area contributed by atoms with Crippen LogP contribution in [0.1, 0.15) is 19.4 Å². The molecule has 2 N–H and O–H groups in total. The molecule has 3 nitrogen and oxygen atoms in total. The zero-order chi connectivity index (χ0) is 14.1. The van der Waals surface area contributed by atoms with Crippen LogP contribution in [0.4, 0.5) is 8.78 Å². The molecular formula is C12H17F2NO2S. The zero-order valence-electron chi connectivity index (χ0n) is 10.6. The second-order valence-electron chi connectivity index (χ2n) is 4.96. The van der Waals surface area contributed by atoms with Crippen LogP contribution in [-0.2, 0) is 16.3 Å². The molecule has 0 aliphatic rings. The maximum atomic E-state index is 13.0. The first-order chi connectivity index (χ1) is 8.04. The highest BCUT2D eigenvalue weighted by atomic mass is 32.2. The number of hydrogen-bond acceptors (Lipinski definition) is 3. The Kier molecular flexibility index (Phi) is 4.12. The number of benzene rings is 1. The Labute approximate surface area is 106 Å². The van der Waals surface area contributed by atoms with Crippen LogP contribution >= 0.6 is 0 Å². The molecular weight excluding hydrogens is 260 g/mol. The fourth-order valence-corrected chi connectivity index (χ4v) is 2.14. The molecule has 18 heavy (non-hydrogen) atoms. The van der Waals surface area contributed by atoms with E-state index in [9.17, 15) is 17.2 Å². The number of hydrogen-bond donors (Lipinski definition) is 1. The molecule has 1 aromatic rings. The van der Waals surface area contributed by atoms with Gasteiger partial charge in [-0.15, -0.1) is 0 Å². The minimum atomic E-state index is -3.35. The molecule has 0 aliphatic carbocycles. The van der Waals surface area contributed by atoms with Gasteiger partial charge in [-0.3, -0.25) is 0 Å². The van der Waals surface area contributed by atoms with E-state index in [1.54, 1.807) is 0 Å². The lowest BCUT2D eigenvalue weighted by molar-refractivity contribution is 0.480. The van der Waals surface area contributed by atoms with Crippen LogP contribution in [0.25, 0.3) is 0 Å². The van der Waals surface area contributed by atoms with Gasteiger partial charge in [0, 0.05) is 18.4 Å². The average Bonchev–Trinajstić information content (AvgIpc) is 2.13. The molecule has 6 heteroatoms. The zero-order valence-corrected chi connectivity index (χ0v) is 11.4. The molecule has 0 saturated carbocycles. The van der Waals surface area contributed by atoms with E-state index in [-0.39, 0.29) is 6.42 Å². The summed E-state index contributed by atoms with van der Waals surface area (Å²) in [7, 11) is -3.35. The molecule has 0 radical (unpaired) electrons. The molecule has 0 saturated heterocycles. The first kappa shape index (κ1) is 15.0. The van der Waals surface area contributed by atoms with Gasteiger partial charge >= 0.3 is 0 Å². The highest BCUT2D eigenvalue weighted by molar-refractivity contribution is 7.92. The fourth-order valence-electron chi connectivity index (χ4n) is 1.50. The van der Waals surface area contributed by atoms with Crippen molar-refractivity contribution in [2.45, 2.75) is 31.1 Å². The van der Waals surface area contributed by atoms with E-state index in [0.29, 0.717) is 5.56 Å². The second-order valence-corrected chi connectivity index (χ2v) is 7.56. The van der Waals surface area contributed by atoms with E-state index >= 15 is 0 Å². The lowest BCUT2D eigenvalue weighted by Crippen LogP contribution is -2.49. The van der Waals surface area contributed by atoms with Crippen LogP contribution in [0.5, 0.6) is 0 Å². The topological polar surface area (TPSA) is 60.2 Å². The van der Waals surface area contributed by atoms with Gasteiger partial charge in [0.15, 0.2) is 9.84 Å². The maximum Gasteiger partial charge on any atom is 0.154 e. The number of halogens is 2. The summed E-state index contributed by atoms with van der Waals surface area (Å²) in [6, 6.07) is 2.33. The monoisotopic (exact) mass is 277 g/mol. The number of nitrogens with two attached hydrogens (primary N) is 1. The smallest absolute Gasteiger partial charge is 0.154 e. The van der Waals surface area contributed by atoms with Gasteiger partial charge in [0.1, 0.15) is 11.6 Å². The van der Waals surface area contributed by atoms with Gasteiger partial charge in [-0.25, -0.2) is 17.2 Å². The minimum Gasteiger partial charge on any atom is -0.326 e. The summed E-state index contributed by atoms with van der Waals surface area (Å²) in [6.45, 7) is 3.01. The van der Waals surface area contributed by atoms with E-state index in [0.717, 1.165) is 24.5 Å². The van der Waals surface area contributed by atoms with Crippen LogP contribution < -0.4 is 5.73 Å². The second kappa shape index (κ2) is 4.93. The molecule has 0 amide bonds. The Bertz CT molecular complexity index is 521. The van der Waals surface area contributed by atoms with Gasteiger partial charge in [-0.05, 0) is 38.0 Å². The summed E-state index contributed by atoms with van der Waals surface area (Å²) in [4.78, 5) is 0. The van der Waals surface area contributed by atoms with Crippen LogP contribution in [0.15, 0.2) is 18.2 Å². The van der Waals surface area contributed by atoms with Crippen molar-refractivity contribution in [2.24, 2.45) is 5.73 Å². The molecule has 0 aromatic heterocycles. The van der Waals surface area contributed by atoms with Gasteiger partial charge in [0.25, 0.3) is 0 Å². The van der Waals surface area contributed by atoms with Gasteiger partial charge in [-0.1, -0.05) is 0 Å². The number of rotatable bonds is 4. The highest BCUT2D eigenvalue weighted by Gasteiger charge is 2.36. The average molecular weight is 277 g/mol. The van der Waals surface area contributed by atoms with Crippen LogP contribution in [0.3, 0.4) is 0 Å². The van der Waals surface area contributed by atoms with Crippen LogP contribution in [-0.4, -0.2) is 25.5 Å². The van der Waals surface area contributed by atoms with Crippen LogP contribution in [0.2, 0.25) is 0 Å². The van der Waals surface area contributed by atoms with Crippen molar-refractivity contribution in [3.63, 3.8) is 0 Å². The van der Waals surface area contributed by atoms with Crippen molar-refractivity contribution in [3.05, 3.63) is 35.4 Å². The molecule has 0 heterocycles. The third-order valence-corrected chi connectivity index (χ3v) is 5.44. The molecule has 0 aliphatic heterocycles. The molecule has 1 atom stereocenters. The third-order valence-electron chi connectivity index (χ3n) is 3.23. The van der Waals surface area contributed by atoms with Gasteiger partial charge in [0.05, 0.1) is 4.75 Å². The molecule has 0 fully saturated rings. The fraction of sp³-hybridized carbons (Fsp3) is 0.500. The summed E-state index contributed by atoms with van der Waals surface area (Å²) >= 11 is 0. The first-order valence-corrected chi connectivity index (χ1v) is 7.33. The minimum absolute atomic E-state index is 0.0920. The quantitative estimate of drug-likeness (QED) is 0.910. The summed E-state index contributed by atoms with van der Waals surface area (Å²) < 4.78 is 48.0. The van der Waals surface area contributed by atoms with Crippen molar-refractivity contribution in [2.75, 3.05) is 6.26 Å². The Hall–Kier alpha value is -1.01. The Balaban J connectivity index is 2.98. The number of sulfone groups is 1. The lowest BCUT2D eigenvalue weighted by atomic mass is 9.96. The van der Waals surface area contributed by atoms with Crippen molar-refractivity contribution in [1.29, 1.82) is 0 Å². The maximum absolute atomic E-state index is 13.0. The standard InChI is InChI=1S/C12H17F2NO2S/c1-12(2,18(3,16)17)11(15)6-8-4-9(13)7-10(14)5-8/h4-5,7,11H,6,15H2,1-3H3. The summed E-state index contributed by atoms with van der Waals surface area (Å²) in [6.07, 6.45) is 1.19. The normalized spacial score (nSPS) is 14.6. The molecule has 0 bridgehead atoms. The van der Waals surface area contributed by atoms with Crippen molar-refractivity contribution in [3.8, 4) is 0 Å². The SMILES string of the molecule is CC(C)(C(N)Cc1cc(F)cc(F)c1)S(C)(=O)=O. The molecule has 1 aromatic carbocycles. The van der Waals surface area contributed by atoms with E-state index in [2.05, 4.69) is 0 Å². The molecule has 0 spiro atoms. The van der Waals surface area contributed by atoms with Gasteiger partial charge in [-0.2, -0.15) is 0 Å². The lowest BCUT2D eigenvalue weighted by Gasteiger charge is -2.29. The predicted octanol–water partition coefficient (Wildman–Crippen LogP) is 1.66. The summed E-state index contributed by atoms with van der Waals surface area (Å²) in [5, 5.41) is 0. The van der Waals surface area contributed by atoms with E-state index < -0.39 is 32.3 Å². The Morgan fingerprint density at radius 3 is 2.06 bits per heavy atom. The third kappa shape index (κ3) is 3.26. The van der Waals surface area contributed by atoms with E-state index in [1.165, 1.54) is 13.8 Å². The van der Waals surface area contributed by atoms with Gasteiger partial charge < -0.3 is 5.73 Å². The van der Waals surface area contributed by atoms with Crippen LogP contribution in [0, 0.1) is 11.6 Å². The molecule has 1 unspecified atom stereocenters. The predicted molar refractivity (Wildman–Crippen MR) is 67.0 cm³/mol. The van der Waals surface area contributed by atoms with Crippen molar-refractivity contribution >= 4 is 9.84 Å². The van der Waals surface area contributed by atoms with Crippen molar-refractivity contribution in [1.82, 2.24) is 0 Å². The highest BCUT2D eigenvalue weighted by Crippen LogP contribution is 2.22. The van der Waals surface area contributed by atoms with E-state index in [1.807, 2.05) is 0 Å². The molecule has 102 valence electrons. The van der Waals surface area contributed by atoms with Gasteiger partial charge in [0.2, 0.25) is 0 Å². The Morgan fingerprint density at radius 2 is 1.67 bits per heavy atom. The Morgan fingerprint density at radius 1 is 1.22 bits per heavy atom. The summed E-state index contributed by atoms with van der Waals surface area (Å²) in [5.74, 6) is -1.40. The first-order valence-electron chi connectivity index (χ1n) is 5.44. The molecule has 1 rings (SSSR count). The summed E-state index contributed by atoms with van der Waals surface area (Å²) in [5.41, 5.74) is 6.19. The van der Waals surface area contributed by atoms with E-state index in [4.69, 9.17) is 5.73 Å².